The second kappa shape index (κ2) is 5.87. The Labute approximate surface area is 90.6 Å². The van der Waals surface area contributed by atoms with Crippen LogP contribution in [0.25, 0.3) is 0 Å². The summed E-state index contributed by atoms with van der Waals surface area (Å²) in [5, 5.41) is 25.7. The average molecular weight is 233 g/mol. The first-order valence-corrected chi connectivity index (χ1v) is 4.12. The van der Waals surface area contributed by atoms with Crippen molar-refractivity contribution in [1.82, 2.24) is 0 Å². The molecule has 0 radical (unpaired) electrons. The number of rotatable bonds is 5. The van der Waals surface area contributed by atoms with Gasteiger partial charge in [0, 0.05) is 5.03 Å². The molecule has 1 unspecified atom stereocenters. The second-order valence-corrected chi connectivity index (χ2v) is 2.92. The Hall–Kier alpha value is -1.75. The van der Waals surface area contributed by atoms with Gasteiger partial charge in [0.2, 0.25) is 0 Å². The Morgan fingerprint density at radius 3 is 2.07 bits per heavy atom. The minimum atomic E-state index is -1.36. The Kier molecular flexibility index (Phi) is 5.19. The molecule has 0 spiro atoms. The summed E-state index contributed by atoms with van der Waals surface area (Å²) in [5.74, 6) is -4.41. The number of aliphatic hydroxyl groups excluding tert-OH is 1. The van der Waals surface area contributed by atoms with Gasteiger partial charge in [0.15, 0.2) is 0 Å². The molecule has 0 aromatic carbocycles. The molecule has 0 amide bonds. The molecule has 0 aliphatic rings. The van der Waals surface area contributed by atoms with E-state index in [1.54, 1.807) is 0 Å². The van der Waals surface area contributed by atoms with Crippen LogP contribution in [-0.2, 0) is 9.59 Å². The summed E-state index contributed by atoms with van der Waals surface area (Å²) >= 11 is 5.54. The van der Waals surface area contributed by atoms with Crippen molar-refractivity contribution in [3.05, 3.63) is 35.6 Å². The summed E-state index contributed by atoms with van der Waals surface area (Å²) in [7, 11) is 0. The third-order valence-electron chi connectivity index (χ3n) is 1.36. The van der Waals surface area contributed by atoms with E-state index in [2.05, 4.69) is 6.58 Å². The number of carbonyl (C=O) groups is 2. The summed E-state index contributed by atoms with van der Waals surface area (Å²) in [6.07, 6.45) is 2.40. The SMILES string of the molecule is C=CC(C(=O)O)C(Cl)=CC(O)=CC(=O)O. The van der Waals surface area contributed by atoms with Gasteiger partial charge in [-0.1, -0.05) is 17.7 Å². The second-order valence-electron chi connectivity index (χ2n) is 2.49. The molecule has 0 rings (SSSR count). The predicted molar refractivity (Wildman–Crippen MR) is 53.6 cm³/mol. The van der Waals surface area contributed by atoms with Gasteiger partial charge < -0.3 is 15.3 Å². The predicted octanol–water partition coefficient (Wildman–Crippen LogP) is 1.52. The van der Waals surface area contributed by atoms with E-state index in [4.69, 9.17) is 26.9 Å². The van der Waals surface area contributed by atoms with Gasteiger partial charge in [-0.05, 0) is 6.08 Å². The van der Waals surface area contributed by atoms with Crippen molar-refractivity contribution < 1.29 is 24.9 Å². The number of hydrogen-bond acceptors (Lipinski definition) is 3. The lowest BCUT2D eigenvalue weighted by Gasteiger charge is -2.04. The first-order valence-electron chi connectivity index (χ1n) is 3.74. The van der Waals surface area contributed by atoms with Crippen LogP contribution < -0.4 is 0 Å². The zero-order valence-electron chi connectivity index (χ0n) is 7.55. The van der Waals surface area contributed by atoms with Gasteiger partial charge >= 0.3 is 11.9 Å². The highest BCUT2D eigenvalue weighted by Gasteiger charge is 2.17. The summed E-state index contributed by atoms with van der Waals surface area (Å²) in [6, 6.07) is 0. The van der Waals surface area contributed by atoms with Crippen LogP contribution in [0.3, 0.4) is 0 Å². The number of carboxylic acids is 2. The molecule has 1 atom stereocenters. The van der Waals surface area contributed by atoms with E-state index >= 15 is 0 Å². The van der Waals surface area contributed by atoms with Gasteiger partial charge in [0.25, 0.3) is 0 Å². The fraction of sp³-hybridized carbons (Fsp3) is 0.111. The molecular weight excluding hydrogens is 224 g/mol. The normalized spacial score (nSPS) is 14.5. The molecule has 0 saturated heterocycles. The molecule has 0 bridgehead atoms. The van der Waals surface area contributed by atoms with E-state index in [1.807, 2.05) is 0 Å². The standard InChI is InChI=1S/C9H9ClO5/c1-2-6(9(14)15)7(10)3-5(11)4-8(12)13/h2-4,6,11H,1H2,(H,12,13)(H,14,15). The highest BCUT2D eigenvalue weighted by molar-refractivity contribution is 6.31. The molecule has 82 valence electrons. The van der Waals surface area contributed by atoms with Crippen molar-refractivity contribution in [1.29, 1.82) is 0 Å². The van der Waals surface area contributed by atoms with Crippen molar-refractivity contribution >= 4 is 23.5 Å². The van der Waals surface area contributed by atoms with Gasteiger partial charge in [-0.25, -0.2) is 4.79 Å². The van der Waals surface area contributed by atoms with Crippen LogP contribution in [0, 0.1) is 5.92 Å². The summed E-state index contributed by atoms with van der Waals surface area (Å²) in [6.45, 7) is 3.25. The van der Waals surface area contributed by atoms with Crippen LogP contribution in [0.15, 0.2) is 35.6 Å². The fourth-order valence-corrected chi connectivity index (χ4v) is 1.02. The van der Waals surface area contributed by atoms with E-state index in [0.29, 0.717) is 6.08 Å². The summed E-state index contributed by atoms with van der Waals surface area (Å²) in [4.78, 5) is 20.7. The van der Waals surface area contributed by atoms with Gasteiger partial charge in [-0.3, -0.25) is 4.79 Å². The molecular formula is C9H9ClO5. The minimum absolute atomic E-state index is 0.229. The third-order valence-corrected chi connectivity index (χ3v) is 1.70. The van der Waals surface area contributed by atoms with Crippen molar-refractivity contribution in [2.75, 3.05) is 0 Å². The topological polar surface area (TPSA) is 94.8 Å². The molecule has 3 N–H and O–H groups in total. The monoisotopic (exact) mass is 232 g/mol. The van der Waals surface area contributed by atoms with Crippen molar-refractivity contribution in [3.63, 3.8) is 0 Å². The largest absolute Gasteiger partial charge is 0.508 e. The molecule has 15 heavy (non-hydrogen) atoms. The van der Waals surface area contributed by atoms with Crippen LogP contribution in [0.1, 0.15) is 0 Å². The Morgan fingerprint density at radius 2 is 1.73 bits per heavy atom. The quantitative estimate of drug-likeness (QED) is 0.289. The van der Waals surface area contributed by atoms with Gasteiger partial charge in [0.1, 0.15) is 11.7 Å². The number of carboxylic acid groups (broad SMARTS) is 2. The lowest BCUT2D eigenvalue weighted by atomic mass is 10.1. The molecule has 0 fully saturated rings. The smallest absolute Gasteiger partial charge is 0.332 e. The molecule has 0 aromatic heterocycles. The van der Waals surface area contributed by atoms with Crippen molar-refractivity contribution in [2.24, 2.45) is 5.92 Å². The number of hydrogen-bond donors (Lipinski definition) is 3. The van der Waals surface area contributed by atoms with Gasteiger partial charge in [-0.15, -0.1) is 6.58 Å². The first-order chi connectivity index (χ1) is 6.88. The van der Waals surface area contributed by atoms with Crippen molar-refractivity contribution in [2.45, 2.75) is 0 Å². The lowest BCUT2D eigenvalue weighted by molar-refractivity contribution is -0.138. The molecule has 6 heteroatoms. The zero-order valence-corrected chi connectivity index (χ0v) is 8.31. The van der Waals surface area contributed by atoms with E-state index < -0.39 is 23.6 Å². The fourth-order valence-electron chi connectivity index (χ4n) is 0.731. The number of aliphatic carboxylic acids is 2. The lowest BCUT2D eigenvalue weighted by Crippen LogP contribution is -2.10. The molecule has 0 aromatic rings. The zero-order chi connectivity index (χ0) is 12.0. The molecule has 0 aliphatic carbocycles. The van der Waals surface area contributed by atoms with Crippen LogP contribution in [0.5, 0.6) is 0 Å². The first kappa shape index (κ1) is 13.2. The molecule has 0 saturated carbocycles. The van der Waals surface area contributed by atoms with E-state index in [9.17, 15) is 9.59 Å². The average Bonchev–Trinajstić information content (AvgIpc) is 2.01. The number of allylic oxidation sites excluding steroid dienone is 1. The summed E-state index contributed by atoms with van der Waals surface area (Å²) in [5.41, 5.74) is 0. The highest BCUT2D eigenvalue weighted by Crippen LogP contribution is 2.18. The molecule has 0 heterocycles. The van der Waals surface area contributed by atoms with E-state index in [0.717, 1.165) is 12.2 Å². The highest BCUT2D eigenvalue weighted by atomic mass is 35.5. The van der Waals surface area contributed by atoms with Crippen LogP contribution in [-0.4, -0.2) is 27.3 Å². The van der Waals surface area contributed by atoms with Gasteiger partial charge in [0.05, 0.1) is 6.08 Å². The van der Waals surface area contributed by atoms with Crippen LogP contribution in [0.4, 0.5) is 0 Å². The maximum absolute atomic E-state index is 10.6. The van der Waals surface area contributed by atoms with Crippen molar-refractivity contribution in [3.8, 4) is 0 Å². The van der Waals surface area contributed by atoms with E-state index in [-0.39, 0.29) is 5.03 Å². The number of halogens is 1. The van der Waals surface area contributed by atoms with Crippen LogP contribution >= 0.6 is 11.6 Å². The maximum Gasteiger partial charge on any atom is 0.332 e. The van der Waals surface area contributed by atoms with E-state index in [1.165, 1.54) is 0 Å². The Balaban J connectivity index is 4.89. The third kappa shape index (κ3) is 4.87. The maximum atomic E-state index is 10.6. The Bertz CT molecular complexity index is 342. The van der Waals surface area contributed by atoms with Crippen LogP contribution in [0.2, 0.25) is 0 Å². The van der Waals surface area contributed by atoms with Gasteiger partial charge in [-0.2, -0.15) is 0 Å². The minimum Gasteiger partial charge on any atom is -0.508 e. The molecule has 0 aliphatic heterocycles. The molecule has 5 nitrogen and oxygen atoms in total. The Morgan fingerprint density at radius 1 is 1.20 bits per heavy atom. The number of aliphatic hydroxyl groups is 1. The summed E-state index contributed by atoms with van der Waals surface area (Å²) < 4.78 is 0.